The maximum atomic E-state index is 11.6. The number of esters is 1. The molecule has 18 heavy (non-hydrogen) atoms. The number of aromatic nitrogens is 3. The average Bonchev–Trinajstić information content (AvgIpc) is 2.83. The average molecular weight is 245 g/mol. The lowest BCUT2D eigenvalue weighted by atomic mass is 10.3. The Kier molecular flexibility index (Phi) is 3.47. The van der Waals surface area contributed by atoms with E-state index in [1.807, 2.05) is 6.07 Å². The van der Waals surface area contributed by atoms with Gasteiger partial charge >= 0.3 is 5.97 Å². The number of aldehydes is 1. The first-order chi connectivity index (χ1) is 8.77. The Labute approximate surface area is 103 Å². The number of hydrogen-bond acceptors (Lipinski definition) is 5. The molecule has 0 saturated heterocycles. The molecular weight excluding hydrogens is 234 g/mol. The zero-order valence-corrected chi connectivity index (χ0v) is 9.74. The van der Waals surface area contributed by atoms with E-state index < -0.39 is 5.97 Å². The number of hydrogen-bond donors (Lipinski definition) is 0. The lowest BCUT2D eigenvalue weighted by molar-refractivity contribution is 0.0517. The number of para-hydroxylation sites is 1. The van der Waals surface area contributed by atoms with Gasteiger partial charge in [0.15, 0.2) is 6.29 Å². The summed E-state index contributed by atoms with van der Waals surface area (Å²) >= 11 is 0. The monoisotopic (exact) mass is 245 g/mol. The molecule has 1 aromatic carbocycles. The smallest absolute Gasteiger partial charge is 0.361 e. The normalized spacial score (nSPS) is 10.1. The van der Waals surface area contributed by atoms with Crippen LogP contribution in [0.5, 0.6) is 0 Å². The molecule has 2 rings (SSSR count). The molecule has 0 bridgehead atoms. The topological polar surface area (TPSA) is 74.1 Å². The van der Waals surface area contributed by atoms with Crippen molar-refractivity contribution in [1.29, 1.82) is 0 Å². The van der Waals surface area contributed by atoms with Crippen molar-refractivity contribution in [3.05, 3.63) is 41.7 Å². The summed E-state index contributed by atoms with van der Waals surface area (Å²) in [6.45, 7) is 1.90. The van der Waals surface area contributed by atoms with E-state index in [-0.39, 0.29) is 18.0 Å². The van der Waals surface area contributed by atoms with Gasteiger partial charge in [-0.2, -0.15) is 0 Å². The van der Waals surface area contributed by atoms with E-state index in [1.54, 1.807) is 31.2 Å². The second-order valence-corrected chi connectivity index (χ2v) is 3.41. The summed E-state index contributed by atoms with van der Waals surface area (Å²) in [7, 11) is 0. The van der Waals surface area contributed by atoms with Gasteiger partial charge in [-0.25, -0.2) is 9.48 Å². The van der Waals surface area contributed by atoms with Gasteiger partial charge in [-0.1, -0.05) is 23.4 Å². The minimum absolute atomic E-state index is 0.0734. The molecule has 1 heterocycles. The van der Waals surface area contributed by atoms with E-state index in [0.717, 1.165) is 0 Å². The molecule has 2 aromatic rings. The van der Waals surface area contributed by atoms with Gasteiger partial charge in [0.2, 0.25) is 5.69 Å². The minimum Gasteiger partial charge on any atom is -0.461 e. The molecule has 92 valence electrons. The lowest BCUT2D eigenvalue weighted by Crippen LogP contribution is -2.09. The summed E-state index contributed by atoms with van der Waals surface area (Å²) in [6.07, 6.45) is 0.541. The minimum atomic E-state index is -0.651. The third kappa shape index (κ3) is 2.13. The fourth-order valence-electron chi connectivity index (χ4n) is 1.50. The number of rotatable bonds is 4. The molecule has 0 saturated carbocycles. The standard InChI is InChI=1S/C12H11N3O3/c1-2-18-12(17)11-10(8-16)15(14-13-11)9-6-4-3-5-7-9/h3-8H,2H2,1H3. The third-order valence-corrected chi connectivity index (χ3v) is 2.29. The molecular formula is C12H11N3O3. The summed E-state index contributed by atoms with van der Waals surface area (Å²) < 4.78 is 6.11. The number of ether oxygens (including phenoxy) is 1. The van der Waals surface area contributed by atoms with Crippen LogP contribution in [0.15, 0.2) is 30.3 Å². The molecule has 0 atom stereocenters. The summed E-state index contributed by atoms with van der Waals surface area (Å²) in [5.74, 6) is -0.651. The van der Waals surface area contributed by atoms with Crippen molar-refractivity contribution in [2.24, 2.45) is 0 Å². The van der Waals surface area contributed by atoms with Crippen molar-refractivity contribution < 1.29 is 14.3 Å². The quantitative estimate of drug-likeness (QED) is 0.598. The molecule has 0 amide bonds. The van der Waals surface area contributed by atoms with Crippen molar-refractivity contribution in [3.63, 3.8) is 0 Å². The first-order valence-electron chi connectivity index (χ1n) is 5.41. The van der Waals surface area contributed by atoms with Crippen molar-refractivity contribution >= 4 is 12.3 Å². The van der Waals surface area contributed by atoms with Gasteiger partial charge in [-0.05, 0) is 19.1 Å². The first-order valence-corrected chi connectivity index (χ1v) is 5.41. The van der Waals surface area contributed by atoms with Gasteiger partial charge in [-0.15, -0.1) is 5.10 Å². The van der Waals surface area contributed by atoms with Gasteiger partial charge in [0, 0.05) is 0 Å². The molecule has 0 unspecified atom stereocenters. The number of carbonyl (C=O) groups excluding carboxylic acids is 2. The Morgan fingerprint density at radius 2 is 2.11 bits per heavy atom. The van der Waals surface area contributed by atoms with Crippen LogP contribution >= 0.6 is 0 Å². The van der Waals surface area contributed by atoms with Crippen molar-refractivity contribution in [3.8, 4) is 5.69 Å². The molecule has 0 spiro atoms. The lowest BCUT2D eigenvalue weighted by Gasteiger charge is -2.02. The van der Waals surface area contributed by atoms with Crippen LogP contribution in [0, 0.1) is 0 Å². The Morgan fingerprint density at radius 1 is 1.39 bits per heavy atom. The predicted octanol–water partition coefficient (Wildman–Crippen LogP) is 1.26. The summed E-state index contributed by atoms with van der Waals surface area (Å²) in [4.78, 5) is 22.7. The van der Waals surface area contributed by atoms with Crippen LogP contribution in [-0.4, -0.2) is 33.9 Å². The third-order valence-electron chi connectivity index (χ3n) is 2.29. The van der Waals surface area contributed by atoms with Crippen LogP contribution in [0.2, 0.25) is 0 Å². The predicted molar refractivity (Wildman–Crippen MR) is 62.7 cm³/mol. The Balaban J connectivity index is 2.46. The van der Waals surface area contributed by atoms with Crippen LogP contribution in [0.3, 0.4) is 0 Å². The summed E-state index contributed by atoms with van der Waals surface area (Å²) in [5, 5.41) is 7.48. The summed E-state index contributed by atoms with van der Waals surface area (Å²) in [5.41, 5.74) is 0.665. The van der Waals surface area contributed by atoms with Crippen LogP contribution in [0.25, 0.3) is 5.69 Å². The van der Waals surface area contributed by atoms with Crippen molar-refractivity contribution in [2.75, 3.05) is 6.61 Å². The Bertz CT molecular complexity index is 563. The SMILES string of the molecule is CCOC(=O)c1nnn(-c2ccccc2)c1C=O. The van der Waals surface area contributed by atoms with Gasteiger partial charge in [0.25, 0.3) is 0 Å². The van der Waals surface area contributed by atoms with Crippen LogP contribution in [0.4, 0.5) is 0 Å². The molecule has 6 nitrogen and oxygen atoms in total. The van der Waals surface area contributed by atoms with Crippen LogP contribution < -0.4 is 0 Å². The summed E-state index contributed by atoms with van der Waals surface area (Å²) in [6, 6.07) is 8.96. The highest BCUT2D eigenvalue weighted by molar-refractivity contribution is 5.95. The van der Waals surface area contributed by atoms with Gasteiger partial charge in [-0.3, -0.25) is 4.79 Å². The van der Waals surface area contributed by atoms with E-state index in [2.05, 4.69) is 10.3 Å². The number of benzene rings is 1. The first kappa shape index (κ1) is 12.0. The Morgan fingerprint density at radius 3 is 2.72 bits per heavy atom. The molecule has 0 aliphatic heterocycles. The zero-order chi connectivity index (χ0) is 13.0. The largest absolute Gasteiger partial charge is 0.461 e. The molecule has 0 N–H and O–H groups in total. The molecule has 0 aliphatic rings. The molecule has 0 radical (unpaired) electrons. The van der Waals surface area contributed by atoms with Gasteiger partial charge in [0.05, 0.1) is 12.3 Å². The highest BCUT2D eigenvalue weighted by atomic mass is 16.5. The van der Waals surface area contributed by atoms with Crippen molar-refractivity contribution in [2.45, 2.75) is 6.92 Å². The van der Waals surface area contributed by atoms with E-state index in [1.165, 1.54) is 4.68 Å². The van der Waals surface area contributed by atoms with Gasteiger partial charge < -0.3 is 4.74 Å². The number of carbonyl (C=O) groups is 2. The van der Waals surface area contributed by atoms with Crippen LogP contribution in [0.1, 0.15) is 27.9 Å². The molecule has 0 aliphatic carbocycles. The fraction of sp³-hybridized carbons (Fsp3) is 0.167. The Hall–Kier alpha value is -2.50. The molecule has 1 aromatic heterocycles. The van der Waals surface area contributed by atoms with E-state index in [9.17, 15) is 9.59 Å². The maximum Gasteiger partial charge on any atom is 0.361 e. The number of nitrogens with zero attached hydrogens (tertiary/aromatic N) is 3. The highest BCUT2D eigenvalue weighted by Crippen LogP contribution is 2.11. The maximum absolute atomic E-state index is 11.6. The second kappa shape index (κ2) is 5.22. The van der Waals surface area contributed by atoms with E-state index >= 15 is 0 Å². The van der Waals surface area contributed by atoms with Gasteiger partial charge in [0.1, 0.15) is 5.69 Å². The molecule has 6 heteroatoms. The second-order valence-electron chi connectivity index (χ2n) is 3.41. The molecule has 0 fully saturated rings. The van der Waals surface area contributed by atoms with Crippen molar-refractivity contribution in [1.82, 2.24) is 15.0 Å². The highest BCUT2D eigenvalue weighted by Gasteiger charge is 2.20. The fourth-order valence-corrected chi connectivity index (χ4v) is 1.50. The zero-order valence-electron chi connectivity index (χ0n) is 9.74. The van der Waals surface area contributed by atoms with E-state index in [4.69, 9.17) is 4.74 Å². The van der Waals surface area contributed by atoms with E-state index in [0.29, 0.717) is 12.0 Å². The van der Waals surface area contributed by atoms with Crippen LogP contribution in [-0.2, 0) is 4.74 Å².